The fourth-order valence-corrected chi connectivity index (χ4v) is 3.35. The normalized spacial score (nSPS) is 12.8. The maximum Gasteiger partial charge on any atom is 0.223 e. The van der Waals surface area contributed by atoms with Gasteiger partial charge in [-0.05, 0) is 25.7 Å². The Morgan fingerprint density at radius 1 is 1.50 bits per heavy atom. The molecule has 0 amide bonds. The second-order valence-corrected chi connectivity index (χ2v) is 6.24. The highest BCUT2D eigenvalue weighted by molar-refractivity contribution is 7.98. The molecule has 0 aliphatic heterocycles. The Bertz CT molecular complexity index is 538. The molecule has 2 aromatic heterocycles. The Morgan fingerprint density at radius 2 is 2.28 bits per heavy atom. The molecule has 0 aliphatic carbocycles. The highest BCUT2D eigenvalue weighted by Crippen LogP contribution is 2.30. The van der Waals surface area contributed by atoms with Crippen molar-refractivity contribution in [2.45, 2.75) is 26.3 Å². The number of anilines is 2. The fraction of sp³-hybridized carbons (Fsp3) is 0.500. The van der Waals surface area contributed by atoms with E-state index in [1.165, 1.54) is 4.88 Å². The lowest BCUT2D eigenvalue weighted by molar-refractivity contribution is 0.905. The van der Waals surface area contributed by atoms with Gasteiger partial charge in [-0.1, -0.05) is 6.92 Å². The highest BCUT2D eigenvalue weighted by Gasteiger charge is 2.11. The van der Waals surface area contributed by atoms with Gasteiger partial charge in [0.15, 0.2) is 0 Å². The summed E-state index contributed by atoms with van der Waals surface area (Å²) in [5, 5.41) is 4.50. The van der Waals surface area contributed by atoms with Gasteiger partial charge in [0.25, 0.3) is 0 Å². The first-order valence-corrected chi connectivity index (χ1v) is 8.16. The van der Waals surface area contributed by atoms with Crippen molar-refractivity contribution < 1.29 is 0 Å². The smallest absolute Gasteiger partial charge is 0.223 e. The molecule has 98 valence electrons. The standard InChI is InChI=1S/C12H18N4S2/c1-4-8-5-9-10(14-7(2)6-17-3)15-12(13)16-11(9)18-8/h5,7H,4,6H2,1-3H3,(H3,13,14,15,16). The van der Waals surface area contributed by atoms with Crippen LogP contribution in [-0.4, -0.2) is 28.0 Å². The number of nitrogens with two attached hydrogens (primary N) is 1. The molecule has 1 unspecified atom stereocenters. The average molecular weight is 282 g/mol. The number of rotatable bonds is 5. The fourth-order valence-electron chi connectivity index (χ4n) is 1.80. The van der Waals surface area contributed by atoms with Crippen LogP contribution in [0.25, 0.3) is 10.2 Å². The number of hydrogen-bond acceptors (Lipinski definition) is 6. The van der Waals surface area contributed by atoms with Crippen LogP contribution in [-0.2, 0) is 6.42 Å². The van der Waals surface area contributed by atoms with Gasteiger partial charge in [-0.3, -0.25) is 0 Å². The number of nitrogens with zero attached hydrogens (tertiary/aromatic N) is 2. The Morgan fingerprint density at radius 3 is 2.94 bits per heavy atom. The molecule has 18 heavy (non-hydrogen) atoms. The molecule has 0 aliphatic rings. The zero-order valence-corrected chi connectivity index (χ0v) is 12.5. The molecule has 2 aromatic rings. The zero-order valence-electron chi connectivity index (χ0n) is 10.9. The monoisotopic (exact) mass is 282 g/mol. The minimum Gasteiger partial charge on any atom is -0.368 e. The van der Waals surface area contributed by atoms with E-state index in [0.29, 0.717) is 12.0 Å². The minimum absolute atomic E-state index is 0.339. The number of aryl methyl sites for hydroxylation is 1. The topological polar surface area (TPSA) is 63.8 Å². The van der Waals surface area contributed by atoms with E-state index in [4.69, 9.17) is 5.73 Å². The molecule has 3 N–H and O–H groups in total. The van der Waals surface area contributed by atoms with Crippen molar-refractivity contribution in [1.29, 1.82) is 0 Å². The summed E-state index contributed by atoms with van der Waals surface area (Å²) < 4.78 is 0. The predicted molar refractivity (Wildman–Crippen MR) is 82.7 cm³/mol. The average Bonchev–Trinajstić information content (AvgIpc) is 2.72. The van der Waals surface area contributed by atoms with Crippen molar-refractivity contribution in [3.05, 3.63) is 10.9 Å². The summed E-state index contributed by atoms with van der Waals surface area (Å²) in [5.41, 5.74) is 5.76. The minimum atomic E-state index is 0.339. The second-order valence-electron chi connectivity index (χ2n) is 4.22. The van der Waals surface area contributed by atoms with Crippen LogP contribution < -0.4 is 11.1 Å². The molecular weight excluding hydrogens is 264 g/mol. The summed E-state index contributed by atoms with van der Waals surface area (Å²) in [6.45, 7) is 4.29. The third kappa shape index (κ3) is 2.87. The van der Waals surface area contributed by atoms with E-state index in [0.717, 1.165) is 28.2 Å². The van der Waals surface area contributed by atoms with Gasteiger partial charge in [0.05, 0.1) is 5.39 Å². The van der Waals surface area contributed by atoms with Gasteiger partial charge in [-0.25, -0.2) is 4.98 Å². The number of aromatic nitrogens is 2. The van der Waals surface area contributed by atoms with E-state index in [-0.39, 0.29) is 0 Å². The third-order valence-electron chi connectivity index (χ3n) is 2.61. The van der Waals surface area contributed by atoms with Crippen molar-refractivity contribution in [3.8, 4) is 0 Å². The molecule has 0 saturated carbocycles. The molecule has 4 nitrogen and oxygen atoms in total. The summed E-state index contributed by atoms with van der Waals surface area (Å²) >= 11 is 3.50. The van der Waals surface area contributed by atoms with Gasteiger partial charge < -0.3 is 11.1 Å². The van der Waals surface area contributed by atoms with E-state index in [9.17, 15) is 0 Å². The summed E-state index contributed by atoms with van der Waals surface area (Å²) in [6.07, 6.45) is 3.11. The molecule has 1 atom stereocenters. The van der Waals surface area contributed by atoms with Gasteiger partial charge >= 0.3 is 0 Å². The summed E-state index contributed by atoms with van der Waals surface area (Å²) in [7, 11) is 0. The molecule has 0 bridgehead atoms. The van der Waals surface area contributed by atoms with Gasteiger partial charge in [0.2, 0.25) is 5.95 Å². The van der Waals surface area contributed by atoms with E-state index in [1.54, 1.807) is 11.3 Å². The number of fused-ring (bicyclic) bond motifs is 1. The zero-order chi connectivity index (χ0) is 13.1. The molecule has 0 aromatic carbocycles. The molecular formula is C12H18N4S2. The van der Waals surface area contributed by atoms with Crippen molar-refractivity contribution >= 4 is 45.1 Å². The molecule has 2 rings (SSSR count). The lowest BCUT2D eigenvalue weighted by Crippen LogP contribution is -2.19. The van der Waals surface area contributed by atoms with Gasteiger partial charge in [0.1, 0.15) is 10.6 Å². The predicted octanol–water partition coefficient (Wildman–Crippen LogP) is 3.00. The van der Waals surface area contributed by atoms with E-state index in [1.807, 2.05) is 11.8 Å². The molecule has 6 heteroatoms. The molecule has 0 spiro atoms. The summed E-state index contributed by atoms with van der Waals surface area (Å²) in [6, 6.07) is 2.52. The highest BCUT2D eigenvalue weighted by atomic mass is 32.2. The Balaban J connectivity index is 2.38. The SMILES string of the molecule is CCc1cc2c(NC(C)CSC)nc(N)nc2s1. The van der Waals surface area contributed by atoms with Crippen LogP contribution in [0, 0.1) is 0 Å². The van der Waals surface area contributed by atoms with Crippen molar-refractivity contribution in [3.63, 3.8) is 0 Å². The quantitative estimate of drug-likeness (QED) is 0.882. The van der Waals surface area contributed by atoms with Crippen LogP contribution in [0.1, 0.15) is 18.7 Å². The lowest BCUT2D eigenvalue weighted by Gasteiger charge is -2.13. The number of nitrogen functional groups attached to an aromatic ring is 1. The maximum absolute atomic E-state index is 5.76. The Hall–Kier alpha value is -1.01. The van der Waals surface area contributed by atoms with Crippen LogP contribution in [0.15, 0.2) is 6.07 Å². The van der Waals surface area contributed by atoms with E-state index in [2.05, 4.69) is 41.5 Å². The molecule has 0 saturated heterocycles. The first-order valence-electron chi connectivity index (χ1n) is 5.95. The number of thioether (sulfide) groups is 1. The molecule has 0 radical (unpaired) electrons. The molecule has 2 heterocycles. The Labute approximate surface area is 115 Å². The van der Waals surface area contributed by atoms with Crippen molar-refractivity contribution in [2.75, 3.05) is 23.1 Å². The van der Waals surface area contributed by atoms with Crippen LogP contribution in [0.4, 0.5) is 11.8 Å². The number of hydrogen-bond donors (Lipinski definition) is 2. The second kappa shape index (κ2) is 5.75. The summed E-state index contributed by atoms with van der Waals surface area (Å²) in [5.74, 6) is 2.23. The van der Waals surface area contributed by atoms with Crippen molar-refractivity contribution in [2.24, 2.45) is 0 Å². The van der Waals surface area contributed by atoms with Crippen LogP contribution in [0.2, 0.25) is 0 Å². The third-order valence-corrected chi connectivity index (χ3v) is 4.62. The van der Waals surface area contributed by atoms with E-state index < -0.39 is 0 Å². The maximum atomic E-state index is 5.76. The number of nitrogens with one attached hydrogen (secondary N) is 1. The van der Waals surface area contributed by atoms with E-state index >= 15 is 0 Å². The first kappa shape index (κ1) is 13.4. The Kier molecular flexibility index (Phi) is 4.29. The van der Waals surface area contributed by atoms with Crippen LogP contribution in [0.3, 0.4) is 0 Å². The molecule has 0 fully saturated rings. The first-order chi connectivity index (χ1) is 8.63. The lowest BCUT2D eigenvalue weighted by atomic mass is 10.3. The largest absolute Gasteiger partial charge is 0.368 e. The van der Waals surface area contributed by atoms with Crippen LogP contribution >= 0.6 is 23.1 Å². The van der Waals surface area contributed by atoms with Gasteiger partial charge in [0, 0.05) is 16.7 Å². The summed E-state index contributed by atoms with van der Waals surface area (Å²) in [4.78, 5) is 10.9. The van der Waals surface area contributed by atoms with Gasteiger partial charge in [-0.2, -0.15) is 16.7 Å². The van der Waals surface area contributed by atoms with Crippen LogP contribution in [0.5, 0.6) is 0 Å². The number of thiophene rings is 1. The van der Waals surface area contributed by atoms with Crippen molar-refractivity contribution in [1.82, 2.24) is 9.97 Å². The van der Waals surface area contributed by atoms with Gasteiger partial charge in [-0.15, -0.1) is 11.3 Å².